The number of nitrogens with zero attached hydrogens (tertiary/aromatic N) is 2. The molecule has 0 atom stereocenters. The number of rotatable bonds is 2. The first-order valence-corrected chi connectivity index (χ1v) is 5.62. The first-order valence-electron chi connectivity index (χ1n) is 5.24. The lowest BCUT2D eigenvalue weighted by atomic mass is 10.2. The Hall–Kier alpha value is -2.41. The molecule has 0 spiro atoms. The smallest absolute Gasteiger partial charge is 0.274 e. The van der Waals surface area contributed by atoms with E-state index in [1.165, 1.54) is 6.92 Å². The van der Waals surface area contributed by atoms with Crippen molar-refractivity contribution >= 4 is 17.5 Å². The molecule has 0 aliphatic rings. The van der Waals surface area contributed by atoms with Gasteiger partial charge in [0.2, 0.25) is 5.91 Å². The normalized spacial score (nSPS) is 10.2. The zero-order valence-corrected chi connectivity index (χ0v) is 10.6. The molecule has 0 bridgehead atoms. The van der Waals surface area contributed by atoms with Crippen LogP contribution in [0.4, 0.5) is 0 Å². The van der Waals surface area contributed by atoms with Gasteiger partial charge < -0.3 is 0 Å². The summed E-state index contributed by atoms with van der Waals surface area (Å²) >= 11 is 5.75. The predicted molar refractivity (Wildman–Crippen MR) is 69.6 cm³/mol. The van der Waals surface area contributed by atoms with Gasteiger partial charge in [0.05, 0.1) is 0 Å². The molecule has 8 heteroatoms. The van der Waals surface area contributed by atoms with E-state index in [0.29, 0.717) is 15.3 Å². The van der Waals surface area contributed by atoms with Gasteiger partial charge >= 0.3 is 11.2 Å². The van der Waals surface area contributed by atoms with Crippen LogP contribution in [0.25, 0.3) is 11.3 Å². The van der Waals surface area contributed by atoms with Gasteiger partial charge in [-0.05, 0) is 12.1 Å². The Morgan fingerprint density at radius 3 is 2.53 bits per heavy atom. The van der Waals surface area contributed by atoms with Crippen LogP contribution in [-0.4, -0.2) is 20.8 Å². The van der Waals surface area contributed by atoms with Crippen LogP contribution in [0.3, 0.4) is 0 Å². The third kappa shape index (κ3) is 2.71. The number of H-pyrrole nitrogens is 1. The van der Waals surface area contributed by atoms with Gasteiger partial charge in [-0.25, -0.2) is 9.89 Å². The highest BCUT2D eigenvalue weighted by Gasteiger charge is 2.11. The fourth-order valence-corrected chi connectivity index (χ4v) is 1.58. The SMILES string of the molecule is CC(=O)Nn1c(=O)[nH]nc(-c2ccc(Cl)cc2)c1=O. The summed E-state index contributed by atoms with van der Waals surface area (Å²) in [6.45, 7) is 1.19. The largest absolute Gasteiger partial charge is 0.364 e. The van der Waals surface area contributed by atoms with Gasteiger partial charge in [-0.15, -0.1) is 0 Å². The topological polar surface area (TPSA) is 96.8 Å². The van der Waals surface area contributed by atoms with Crippen LogP contribution < -0.4 is 16.7 Å². The summed E-state index contributed by atoms with van der Waals surface area (Å²) in [5.41, 5.74) is 1.06. The number of carbonyl (C=O) groups is 1. The average Bonchev–Trinajstić information content (AvgIpc) is 2.36. The van der Waals surface area contributed by atoms with E-state index < -0.39 is 17.2 Å². The lowest BCUT2D eigenvalue weighted by Gasteiger charge is -2.06. The second-order valence-electron chi connectivity index (χ2n) is 3.69. The molecule has 98 valence electrons. The number of carbonyl (C=O) groups excluding carboxylic acids is 1. The lowest BCUT2D eigenvalue weighted by molar-refractivity contribution is -0.115. The van der Waals surface area contributed by atoms with Crippen molar-refractivity contribution in [1.29, 1.82) is 0 Å². The second-order valence-corrected chi connectivity index (χ2v) is 4.13. The summed E-state index contributed by atoms with van der Waals surface area (Å²) in [7, 11) is 0. The van der Waals surface area contributed by atoms with Crippen LogP contribution in [0.2, 0.25) is 5.02 Å². The van der Waals surface area contributed by atoms with E-state index in [9.17, 15) is 14.4 Å². The van der Waals surface area contributed by atoms with Crippen molar-refractivity contribution in [2.45, 2.75) is 6.92 Å². The van der Waals surface area contributed by atoms with Gasteiger partial charge in [0.1, 0.15) is 0 Å². The first kappa shape index (κ1) is 13.0. The van der Waals surface area contributed by atoms with Crippen LogP contribution in [0.15, 0.2) is 33.9 Å². The van der Waals surface area contributed by atoms with Crippen molar-refractivity contribution in [2.75, 3.05) is 5.43 Å². The van der Waals surface area contributed by atoms with E-state index in [4.69, 9.17) is 11.6 Å². The standard InChI is InChI=1S/C11H9ClN4O3/c1-6(17)15-16-10(18)9(13-14-11(16)19)7-2-4-8(12)5-3-7/h2-5H,1H3,(H,14,19)(H,15,17). The van der Waals surface area contributed by atoms with Crippen molar-refractivity contribution in [2.24, 2.45) is 0 Å². The molecule has 1 aromatic heterocycles. The van der Waals surface area contributed by atoms with Crippen molar-refractivity contribution < 1.29 is 4.79 Å². The second kappa shape index (κ2) is 5.07. The number of halogens is 1. The van der Waals surface area contributed by atoms with Crippen molar-refractivity contribution in [1.82, 2.24) is 14.9 Å². The summed E-state index contributed by atoms with van der Waals surface area (Å²) in [5, 5.41) is 6.33. The van der Waals surface area contributed by atoms with Crippen LogP contribution >= 0.6 is 11.6 Å². The summed E-state index contributed by atoms with van der Waals surface area (Å²) in [5.74, 6) is -0.541. The zero-order chi connectivity index (χ0) is 14.0. The molecular weight excluding hydrogens is 272 g/mol. The summed E-state index contributed by atoms with van der Waals surface area (Å²) < 4.78 is 0.569. The maximum atomic E-state index is 12.0. The number of hydrogen-bond donors (Lipinski definition) is 2. The van der Waals surface area contributed by atoms with Gasteiger partial charge in [0.15, 0.2) is 5.69 Å². The summed E-state index contributed by atoms with van der Waals surface area (Å²) in [4.78, 5) is 34.4. The molecule has 2 N–H and O–H groups in total. The minimum Gasteiger partial charge on any atom is -0.274 e. The van der Waals surface area contributed by atoms with E-state index in [1.54, 1.807) is 24.3 Å². The molecule has 0 aliphatic heterocycles. The number of amides is 1. The highest BCUT2D eigenvalue weighted by atomic mass is 35.5. The fourth-order valence-electron chi connectivity index (χ4n) is 1.45. The Morgan fingerprint density at radius 2 is 1.95 bits per heavy atom. The highest BCUT2D eigenvalue weighted by molar-refractivity contribution is 6.30. The van der Waals surface area contributed by atoms with Crippen LogP contribution in [-0.2, 0) is 4.79 Å². The van der Waals surface area contributed by atoms with E-state index in [1.807, 2.05) is 0 Å². The van der Waals surface area contributed by atoms with E-state index in [2.05, 4.69) is 15.6 Å². The molecule has 0 aliphatic carbocycles. The van der Waals surface area contributed by atoms with E-state index in [-0.39, 0.29) is 5.69 Å². The summed E-state index contributed by atoms with van der Waals surface area (Å²) in [6, 6.07) is 6.35. The average molecular weight is 281 g/mol. The molecule has 2 rings (SSSR count). The van der Waals surface area contributed by atoms with Crippen LogP contribution in [0.5, 0.6) is 0 Å². The first-order chi connectivity index (χ1) is 8.99. The van der Waals surface area contributed by atoms with Crippen molar-refractivity contribution in [3.8, 4) is 11.3 Å². The predicted octanol–water partition coefficient (Wildman–Crippen LogP) is 0.342. The minimum atomic E-state index is -0.821. The third-order valence-corrected chi connectivity index (χ3v) is 2.51. The number of hydrogen-bond acceptors (Lipinski definition) is 4. The van der Waals surface area contributed by atoms with Crippen LogP contribution in [0, 0.1) is 0 Å². The molecule has 19 heavy (non-hydrogen) atoms. The Balaban J connectivity index is 2.60. The highest BCUT2D eigenvalue weighted by Crippen LogP contribution is 2.15. The number of aromatic amines is 1. The Labute approximate surface area is 111 Å². The van der Waals surface area contributed by atoms with Gasteiger partial charge in [0, 0.05) is 17.5 Å². The van der Waals surface area contributed by atoms with E-state index in [0.717, 1.165) is 0 Å². The van der Waals surface area contributed by atoms with Crippen LogP contribution in [0.1, 0.15) is 6.92 Å². The van der Waals surface area contributed by atoms with Crippen molar-refractivity contribution in [3.05, 3.63) is 50.1 Å². The van der Waals surface area contributed by atoms with Gasteiger partial charge in [-0.1, -0.05) is 23.7 Å². The maximum absolute atomic E-state index is 12.0. The lowest BCUT2D eigenvalue weighted by Crippen LogP contribution is -2.44. The number of nitrogens with one attached hydrogen (secondary N) is 2. The van der Waals surface area contributed by atoms with Gasteiger partial charge in [-0.3, -0.25) is 15.0 Å². The molecule has 2 aromatic rings. The maximum Gasteiger partial charge on any atom is 0.364 e. The minimum absolute atomic E-state index is 0.00465. The van der Waals surface area contributed by atoms with Crippen molar-refractivity contribution in [3.63, 3.8) is 0 Å². The van der Waals surface area contributed by atoms with Gasteiger partial charge in [0.25, 0.3) is 0 Å². The monoisotopic (exact) mass is 280 g/mol. The molecule has 0 saturated carbocycles. The third-order valence-electron chi connectivity index (χ3n) is 2.26. The molecule has 1 aromatic carbocycles. The molecule has 1 amide bonds. The summed E-state index contributed by atoms with van der Waals surface area (Å²) in [6.07, 6.45) is 0. The Morgan fingerprint density at radius 1 is 1.32 bits per heavy atom. The van der Waals surface area contributed by atoms with Gasteiger partial charge in [-0.2, -0.15) is 9.77 Å². The Bertz CT molecular complexity index is 733. The fraction of sp³-hybridized carbons (Fsp3) is 0.0909. The molecule has 7 nitrogen and oxygen atoms in total. The Kier molecular flexibility index (Phi) is 3.48. The quantitative estimate of drug-likeness (QED) is 0.829. The molecule has 0 saturated heterocycles. The molecule has 0 fully saturated rings. The number of benzene rings is 1. The zero-order valence-electron chi connectivity index (χ0n) is 9.81. The number of aromatic nitrogens is 3. The molecular formula is C11H9ClN4O3. The molecule has 0 unspecified atom stereocenters. The van der Waals surface area contributed by atoms with E-state index >= 15 is 0 Å². The molecule has 1 heterocycles. The molecule has 0 radical (unpaired) electrons.